The van der Waals surface area contributed by atoms with Crippen LogP contribution < -0.4 is 5.32 Å². The van der Waals surface area contributed by atoms with Crippen molar-refractivity contribution in [3.05, 3.63) is 29.8 Å². The van der Waals surface area contributed by atoms with E-state index in [0.717, 1.165) is 22.9 Å². The van der Waals surface area contributed by atoms with Crippen LogP contribution in [0.1, 0.15) is 69.2 Å². The number of amides is 1. The zero-order valence-electron chi connectivity index (χ0n) is 15.1. The number of carbonyl (C=O) groups excluding carboxylic acids is 2. The minimum absolute atomic E-state index is 0.0346. The maximum atomic E-state index is 12.3. The largest absolute Gasteiger partial charge is 0.462 e. The molecule has 1 amide bonds. The molecule has 1 aromatic heterocycles. The van der Waals surface area contributed by atoms with E-state index >= 15 is 0 Å². The molecule has 0 saturated heterocycles. The van der Waals surface area contributed by atoms with Crippen molar-refractivity contribution in [1.82, 2.24) is 0 Å². The second kappa shape index (κ2) is 10.2. The molecule has 2 aromatic rings. The molecule has 0 radical (unpaired) electrons. The first kappa shape index (κ1) is 19.4. The minimum Gasteiger partial charge on any atom is -0.462 e. The summed E-state index contributed by atoms with van der Waals surface area (Å²) >= 11 is 1.42. The first-order valence-electron chi connectivity index (χ1n) is 9.15. The van der Waals surface area contributed by atoms with E-state index in [1.165, 1.54) is 37.0 Å². The van der Waals surface area contributed by atoms with Crippen LogP contribution in [0, 0.1) is 0 Å². The number of thiophene rings is 1. The van der Waals surface area contributed by atoms with Crippen molar-refractivity contribution in [2.75, 3.05) is 11.9 Å². The highest BCUT2D eigenvalue weighted by Gasteiger charge is 2.21. The number of nitrogens with one attached hydrogen (secondary N) is 1. The van der Waals surface area contributed by atoms with Crippen molar-refractivity contribution < 1.29 is 14.3 Å². The number of esters is 1. The second-order valence-electron chi connectivity index (χ2n) is 6.09. The summed E-state index contributed by atoms with van der Waals surface area (Å²) in [6.07, 6.45) is 7.35. The molecular formula is C20H27NO3S. The van der Waals surface area contributed by atoms with Crippen LogP contribution in [0.3, 0.4) is 0 Å². The standard InChI is InChI=1S/C20H27NO3S/c1-3-5-6-7-8-9-14-17(22)21-19-18(20(23)24-4-2)15-12-10-11-13-16(15)25-19/h10-13H,3-9,14H2,1-2H3,(H,21,22). The number of hydrogen-bond donors (Lipinski definition) is 1. The average Bonchev–Trinajstić information content (AvgIpc) is 2.96. The highest BCUT2D eigenvalue weighted by molar-refractivity contribution is 7.23. The number of fused-ring (bicyclic) bond motifs is 1. The summed E-state index contributed by atoms with van der Waals surface area (Å²) < 4.78 is 6.14. The molecule has 0 aliphatic carbocycles. The van der Waals surface area contributed by atoms with Gasteiger partial charge in [0.2, 0.25) is 5.91 Å². The van der Waals surface area contributed by atoms with E-state index in [2.05, 4.69) is 12.2 Å². The minimum atomic E-state index is -0.380. The molecule has 0 bridgehead atoms. The van der Waals surface area contributed by atoms with E-state index < -0.39 is 0 Å². The third kappa shape index (κ3) is 5.56. The quantitative estimate of drug-likeness (QED) is 0.432. The van der Waals surface area contributed by atoms with Gasteiger partial charge in [0, 0.05) is 16.5 Å². The van der Waals surface area contributed by atoms with Crippen LogP contribution in [0.25, 0.3) is 10.1 Å². The summed E-state index contributed by atoms with van der Waals surface area (Å²) in [6.45, 7) is 4.29. The Labute approximate surface area is 153 Å². The number of hydrogen-bond acceptors (Lipinski definition) is 4. The normalized spacial score (nSPS) is 10.8. The summed E-state index contributed by atoms with van der Waals surface area (Å²) in [5, 5.41) is 4.35. The SMILES string of the molecule is CCCCCCCCC(=O)Nc1sc2ccccc2c1C(=O)OCC. The lowest BCUT2D eigenvalue weighted by Gasteiger charge is -2.07. The monoisotopic (exact) mass is 361 g/mol. The molecule has 1 N–H and O–H groups in total. The van der Waals surface area contributed by atoms with Crippen molar-refractivity contribution in [1.29, 1.82) is 0 Å². The van der Waals surface area contributed by atoms with Gasteiger partial charge in [-0.2, -0.15) is 0 Å². The lowest BCUT2D eigenvalue weighted by atomic mass is 10.1. The Morgan fingerprint density at radius 3 is 2.52 bits per heavy atom. The molecular weight excluding hydrogens is 334 g/mol. The number of carbonyl (C=O) groups is 2. The van der Waals surface area contributed by atoms with Gasteiger partial charge in [-0.1, -0.05) is 57.2 Å². The van der Waals surface area contributed by atoms with E-state index in [9.17, 15) is 9.59 Å². The van der Waals surface area contributed by atoms with Crippen LogP contribution in [0.5, 0.6) is 0 Å². The van der Waals surface area contributed by atoms with Gasteiger partial charge >= 0.3 is 5.97 Å². The van der Waals surface area contributed by atoms with E-state index in [-0.39, 0.29) is 11.9 Å². The van der Waals surface area contributed by atoms with E-state index in [0.29, 0.717) is 23.6 Å². The van der Waals surface area contributed by atoms with Gasteiger partial charge in [0.1, 0.15) is 10.6 Å². The first-order valence-corrected chi connectivity index (χ1v) is 9.97. The number of anilines is 1. The lowest BCUT2D eigenvalue weighted by molar-refractivity contribution is -0.116. The molecule has 0 aliphatic heterocycles. The third-order valence-corrected chi connectivity index (χ3v) is 5.17. The highest BCUT2D eigenvalue weighted by Crippen LogP contribution is 2.36. The van der Waals surface area contributed by atoms with Gasteiger partial charge in [0.05, 0.1) is 6.61 Å². The summed E-state index contributed by atoms with van der Waals surface area (Å²) in [5.41, 5.74) is 0.471. The van der Waals surface area contributed by atoms with Gasteiger partial charge in [0.25, 0.3) is 0 Å². The highest BCUT2D eigenvalue weighted by atomic mass is 32.1. The molecule has 0 atom stereocenters. The maximum absolute atomic E-state index is 12.3. The first-order chi connectivity index (χ1) is 12.2. The van der Waals surface area contributed by atoms with Crippen LogP contribution in [0.15, 0.2) is 24.3 Å². The number of unbranched alkanes of at least 4 members (excludes halogenated alkanes) is 5. The van der Waals surface area contributed by atoms with Crippen molar-refractivity contribution in [2.24, 2.45) is 0 Å². The fourth-order valence-corrected chi connectivity index (χ4v) is 3.90. The van der Waals surface area contributed by atoms with Crippen LogP contribution >= 0.6 is 11.3 Å². The molecule has 25 heavy (non-hydrogen) atoms. The van der Waals surface area contributed by atoms with Crippen molar-refractivity contribution in [3.8, 4) is 0 Å². The molecule has 1 heterocycles. The third-order valence-electron chi connectivity index (χ3n) is 4.09. The van der Waals surface area contributed by atoms with Crippen LogP contribution in [0.4, 0.5) is 5.00 Å². The summed E-state index contributed by atoms with van der Waals surface area (Å²) in [5.74, 6) is -0.414. The van der Waals surface area contributed by atoms with Gasteiger partial charge < -0.3 is 10.1 Å². The van der Waals surface area contributed by atoms with Crippen LogP contribution in [0.2, 0.25) is 0 Å². The zero-order chi connectivity index (χ0) is 18.1. The van der Waals surface area contributed by atoms with Crippen molar-refractivity contribution in [3.63, 3.8) is 0 Å². The van der Waals surface area contributed by atoms with Gasteiger partial charge in [0.15, 0.2) is 0 Å². The van der Waals surface area contributed by atoms with Crippen LogP contribution in [-0.4, -0.2) is 18.5 Å². The zero-order valence-corrected chi connectivity index (χ0v) is 15.9. The maximum Gasteiger partial charge on any atom is 0.341 e. The summed E-state index contributed by atoms with van der Waals surface area (Å²) in [6, 6.07) is 7.66. The number of benzene rings is 1. The van der Waals surface area contributed by atoms with Gasteiger partial charge in [-0.3, -0.25) is 4.79 Å². The molecule has 5 heteroatoms. The fourth-order valence-electron chi connectivity index (χ4n) is 2.79. The number of rotatable bonds is 10. The molecule has 0 unspecified atom stereocenters. The Morgan fingerprint density at radius 1 is 1.04 bits per heavy atom. The van der Waals surface area contributed by atoms with Crippen molar-refractivity contribution in [2.45, 2.75) is 58.8 Å². The molecule has 0 saturated carbocycles. The second-order valence-corrected chi connectivity index (χ2v) is 7.14. The topological polar surface area (TPSA) is 55.4 Å². The smallest absolute Gasteiger partial charge is 0.341 e. The van der Waals surface area contributed by atoms with Crippen molar-refractivity contribution >= 4 is 38.3 Å². The molecule has 0 spiro atoms. The molecule has 1 aromatic carbocycles. The lowest BCUT2D eigenvalue weighted by Crippen LogP contribution is -2.14. The molecule has 4 nitrogen and oxygen atoms in total. The Bertz CT molecular complexity index is 708. The fraction of sp³-hybridized carbons (Fsp3) is 0.500. The molecule has 136 valence electrons. The Hall–Kier alpha value is -1.88. The van der Waals surface area contributed by atoms with Gasteiger partial charge in [-0.15, -0.1) is 11.3 Å². The number of ether oxygens (including phenoxy) is 1. The van der Waals surface area contributed by atoms with E-state index in [1.54, 1.807) is 6.92 Å². The van der Waals surface area contributed by atoms with E-state index in [1.807, 2.05) is 24.3 Å². The summed E-state index contributed by atoms with van der Waals surface area (Å²) in [4.78, 5) is 24.6. The Morgan fingerprint density at radius 2 is 1.76 bits per heavy atom. The molecule has 2 rings (SSSR count). The predicted octanol–water partition coefficient (Wildman–Crippen LogP) is 5.77. The Kier molecular flexibility index (Phi) is 7.92. The molecule has 0 fully saturated rings. The van der Waals surface area contributed by atoms with Crippen LogP contribution in [-0.2, 0) is 9.53 Å². The summed E-state index contributed by atoms with van der Waals surface area (Å²) in [7, 11) is 0. The average molecular weight is 362 g/mol. The van der Waals surface area contributed by atoms with Gasteiger partial charge in [-0.25, -0.2) is 4.79 Å². The molecule has 0 aliphatic rings. The Balaban J connectivity index is 2.01. The predicted molar refractivity (Wildman–Crippen MR) is 104 cm³/mol. The van der Waals surface area contributed by atoms with Gasteiger partial charge in [-0.05, 0) is 19.4 Å². The van der Waals surface area contributed by atoms with E-state index in [4.69, 9.17) is 4.74 Å².